The maximum atomic E-state index is 5.64. The topological polar surface area (TPSA) is 50.9 Å². The summed E-state index contributed by atoms with van der Waals surface area (Å²) >= 11 is 3.37. The molecule has 1 rings (SSSR count). The molecule has 0 aliphatic heterocycles. The van der Waals surface area contributed by atoms with Gasteiger partial charge in [0.25, 0.3) is 0 Å². The van der Waals surface area contributed by atoms with E-state index in [1.54, 1.807) is 6.20 Å². The van der Waals surface area contributed by atoms with Crippen LogP contribution in [0.15, 0.2) is 16.7 Å². The van der Waals surface area contributed by atoms with E-state index in [4.69, 9.17) is 5.73 Å². The van der Waals surface area contributed by atoms with Gasteiger partial charge in [-0.2, -0.15) is 0 Å². The summed E-state index contributed by atoms with van der Waals surface area (Å²) in [5.41, 5.74) is 6.66. The van der Waals surface area contributed by atoms with Gasteiger partial charge >= 0.3 is 0 Å². The monoisotopic (exact) mass is 257 g/mol. The summed E-state index contributed by atoms with van der Waals surface area (Å²) in [6.07, 6.45) is 1.77. The molecule has 0 bridgehead atoms. The first-order chi connectivity index (χ1) is 6.42. The van der Waals surface area contributed by atoms with E-state index < -0.39 is 0 Å². The van der Waals surface area contributed by atoms with E-state index in [9.17, 15) is 0 Å². The smallest absolute Gasteiger partial charge is 0.130 e. The second kappa shape index (κ2) is 4.28. The van der Waals surface area contributed by atoms with Crippen LogP contribution >= 0.6 is 15.9 Å². The lowest BCUT2D eigenvalue weighted by Crippen LogP contribution is -2.27. The number of pyridine rings is 1. The fourth-order valence-corrected chi connectivity index (χ4v) is 1.48. The Labute approximate surface area is 93.2 Å². The molecule has 0 saturated carbocycles. The molecule has 0 radical (unpaired) electrons. The van der Waals surface area contributed by atoms with Crippen molar-refractivity contribution in [1.29, 1.82) is 0 Å². The summed E-state index contributed by atoms with van der Waals surface area (Å²) in [6, 6.07) is 1.99. The van der Waals surface area contributed by atoms with E-state index >= 15 is 0 Å². The molecule has 1 heterocycles. The minimum absolute atomic E-state index is 0.00471. The highest BCUT2D eigenvalue weighted by Crippen LogP contribution is 2.20. The molecule has 78 valence electrons. The summed E-state index contributed by atoms with van der Waals surface area (Å²) < 4.78 is 0.956. The lowest BCUT2D eigenvalue weighted by Gasteiger charge is -2.22. The van der Waals surface area contributed by atoms with Crippen molar-refractivity contribution in [2.75, 3.05) is 5.32 Å². The lowest BCUT2D eigenvalue weighted by atomic mass is 10.1. The van der Waals surface area contributed by atoms with Gasteiger partial charge in [0.1, 0.15) is 5.82 Å². The van der Waals surface area contributed by atoms with Crippen LogP contribution in [0, 0.1) is 0 Å². The molecule has 3 nitrogen and oxygen atoms in total. The fourth-order valence-electron chi connectivity index (χ4n) is 1.10. The zero-order chi connectivity index (χ0) is 10.8. The van der Waals surface area contributed by atoms with Gasteiger partial charge in [0.15, 0.2) is 0 Å². The Balaban J connectivity index is 2.97. The Bertz CT molecular complexity index is 318. The van der Waals surface area contributed by atoms with E-state index in [-0.39, 0.29) is 5.54 Å². The van der Waals surface area contributed by atoms with Crippen LogP contribution in [0.3, 0.4) is 0 Å². The summed E-state index contributed by atoms with van der Waals surface area (Å²) in [5, 5.41) is 3.32. The molecule has 0 saturated heterocycles. The molecule has 0 spiro atoms. The second-order valence-corrected chi connectivity index (χ2v) is 5.16. The van der Waals surface area contributed by atoms with Crippen molar-refractivity contribution in [1.82, 2.24) is 4.98 Å². The molecular formula is C10H16BrN3. The Morgan fingerprint density at radius 3 is 2.64 bits per heavy atom. The predicted octanol–water partition coefficient (Wildman–Crippen LogP) is 2.51. The van der Waals surface area contributed by atoms with Crippen LogP contribution in [0.4, 0.5) is 5.82 Å². The largest absolute Gasteiger partial charge is 0.365 e. The van der Waals surface area contributed by atoms with Crippen LogP contribution in [0.2, 0.25) is 0 Å². The molecule has 0 fully saturated rings. The first kappa shape index (κ1) is 11.5. The highest BCUT2D eigenvalue weighted by molar-refractivity contribution is 9.10. The number of rotatable bonds is 2. The molecule has 0 amide bonds. The van der Waals surface area contributed by atoms with E-state index in [1.807, 2.05) is 6.07 Å². The van der Waals surface area contributed by atoms with Crippen LogP contribution < -0.4 is 11.1 Å². The first-order valence-corrected chi connectivity index (χ1v) is 5.34. The van der Waals surface area contributed by atoms with Crippen molar-refractivity contribution in [3.63, 3.8) is 0 Å². The van der Waals surface area contributed by atoms with Gasteiger partial charge in [0, 0.05) is 28.3 Å². The van der Waals surface area contributed by atoms with Crippen molar-refractivity contribution >= 4 is 21.7 Å². The zero-order valence-corrected chi connectivity index (χ0v) is 10.4. The highest BCUT2D eigenvalue weighted by Gasteiger charge is 2.12. The molecule has 0 aliphatic rings. The lowest BCUT2D eigenvalue weighted by molar-refractivity contribution is 0.628. The van der Waals surface area contributed by atoms with Gasteiger partial charge in [0.2, 0.25) is 0 Å². The van der Waals surface area contributed by atoms with Crippen molar-refractivity contribution in [2.45, 2.75) is 32.9 Å². The molecule has 0 unspecified atom stereocenters. The average molecular weight is 258 g/mol. The number of nitrogens with two attached hydrogens (primary N) is 1. The van der Waals surface area contributed by atoms with Crippen molar-refractivity contribution in [3.8, 4) is 0 Å². The van der Waals surface area contributed by atoms with Gasteiger partial charge < -0.3 is 11.1 Å². The number of aromatic nitrogens is 1. The molecule has 1 aromatic heterocycles. The molecule has 3 N–H and O–H groups in total. The Hall–Kier alpha value is -0.610. The highest BCUT2D eigenvalue weighted by atomic mass is 79.9. The Kier molecular flexibility index (Phi) is 3.50. The van der Waals surface area contributed by atoms with Gasteiger partial charge in [-0.25, -0.2) is 4.98 Å². The molecule has 0 atom stereocenters. The van der Waals surface area contributed by atoms with Crippen molar-refractivity contribution < 1.29 is 0 Å². The Morgan fingerprint density at radius 1 is 1.50 bits per heavy atom. The molecule has 1 aromatic rings. The summed E-state index contributed by atoms with van der Waals surface area (Å²) in [4.78, 5) is 4.30. The SMILES string of the molecule is CC(C)(C)Nc1ncc(Br)cc1CN. The number of hydrogen-bond donors (Lipinski definition) is 2. The van der Waals surface area contributed by atoms with Crippen molar-refractivity contribution in [2.24, 2.45) is 5.73 Å². The number of hydrogen-bond acceptors (Lipinski definition) is 3. The van der Waals surface area contributed by atoms with E-state index in [0.29, 0.717) is 6.54 Å². The minimum Gasteiger partial charge on any atom is -0.365 e. The average Bonchev–Trinajstić information content (AvgIpc) is 2.06. The molecule has 0 aliphatic carbocycles. The third kappa shape index (κ3) is 3.27. The number of nitrogens with one attached hydrogen (secondary N) is 1. The van der Waals surface area contributed by atoms with Crippen LogP contribution in [0.5, 0.6) is 0 Å². The van der Waals surface area contributed by atoms with E-state index in [0.717, 1.165) is 15.9 Å². The number of nitrogens with zero attached hydrogens (tertiary/aromatic N) is 1. The third-order valence-electron chi connectivity index (χ3n) is 1.65. The molecular weight excluding hydrogens is 242 g/mol. The predicted molar refractivity (Wildman–Crippen MR) is 63.2 cm³/mol. The van der Waals surface area contributed by atoms with Crippen LogP contribution in [-0.2, 0) is 6.54 Å². The number of anilines is 1. The first-order valence-electron chi connectivity index (χ1n) is 4.55. The van der Waals surface area contributed by atoms with Crippen LogP contribution in [0.1, 0.15) is 26.3 Å². The van der Waals surface area contributed by atoms with Gasteiger partial charge in [-0.3, -0.25) is 0 Å². The second-order valence-electron chi connectivity index (χ2n) is 4.24. The molecule has 14 heavy (non-hydrogen) atoms. The molecule has 0 aromatic carbocycles. The van der Waals surface area contributed by atoms with Gasteiger partial charge in [-0.1, -0.05) is 0 Å². The quantitative estimate of drug-likeness (QED) is 0.856. The standard InChI is InChI=1S/C10H16BrN3/c1-10(2,3)14-9-7(5-12)4-8(11)6-13-9/h4,6H,5,12H2,1-3H3,(H,13,14). The fraction of sp³-hybridized carbons (Fsp3) is 0.500. The van der Waals surface area contributed by atoms with Crippen molar-refractivity contribution in [3.05, 3.63) is 22.3 Å². The van der Waals surface area contributed by atoms with E-state index in [1.165, 1.54) is 0 Å². The van der Waals surface area contributed by atoms with Gasteiger partial charge in [0.05, 0.1) is 0 Å². The zero-order valence-electron chi connectivity index (χ0n) is 8.76. The summed E-state index contributed by atoms with van der Waals surface area (Å²) in [7, 11) is 0. The van der Waals surface area contributed by atoms with Gasteiger partial charge in [-0.15, -0.1) is 0 Å². The van der Waals surface area contributed by atoms with Crippen LogP contribution in [-0.4, -0.2) is 10.5 Å². The maximum Gasteiger partial charge on any atom is 0.130 e. The summed E-state index contributed by atoms with van der Waals surface area (Å²) in [6.45, 7) is 6.77. The normalized spacial score (nSPS) is 11.5. The minimum atomic E-state index is 0.00471. The molecule has 4 heteroatoms. The maximum absolute atomic E-state index is 5.64. The number of halogens is 1. The van der Waals surface area contributed by atoms with Gasteiger partial charge in [-0.05, 0) is 42.8 Å². The summed E-state index contributed by atoms with van der Waals surface area (Å²) in [5.74, 6) is 0.864. The van der Waals surface area contributed by atoms with Crippen LogP contribution in [0.25, 0.3) is 0 Å². The Morgan fingerprint density at radius 2 is 2.14 bits per heavy atom. The van der Waals surface area contributed by atoms with E-state index in [2.05, 4.69) is 47.0 Å². The third-order valence-corrected chi connectivity index (χ3v) is 2.08.